The molecule has 0 aliphatic rings. The van der Waals surface area contributed by atoms with Crippen molar-refractivity contribution < 1.29 is 23.0 Å². The first-order chi connectivity index (χ1) is 15.8. The number of aliphatic hydroxyl groups is 1. The van der Waals surface area contributed by atoms with E-state index >= 15 is 0 Å². The van der Waals surface area contributed by atoms with Gasteiger partial charge in [0.2, 0.25) is 10.0 Å². The number of H-pyrrole nitrogens is 1. The van der Waals surface area contributed by atoms with Gasteiger partial charge in [-0.05, 0) is 42.0 Å². The Labute approximate surface area is 192 Å². The fourth-order valence-corrected chi connectivity index (χ4v) is 4.26. The molecule has 4 N–H and O–H groups in total. The van der Waals surface area contributed by atoms with Crippen LogP contribution < -0.4 is 19.5 Å². The Bertz CT molecular complexity index is 1370. The standard InChI is InChI=1S/C24H27N3O5S/c1-31-18-6-8-20-21-9-7-19(14-23(21)26-22(20)13-18)32-11-10-25-15-24(28)16-4-3-5-17(12-16)27-33(2,29)30/h3-9,12-14,24-28H,10-11,15H2,1-2H3/t24-/m1/s1. The number of aromatic nitrogens is 1. The minimum Gasteiger partial charge on any atom is -0.497 e. The molecule has 1 heterocycles. The first kappa shape index (κ1) is 22.9. The molecule has 0 aliphatic carbocycles. The van der Waals surface area contributed by atoms with Gasteiger partial charge >= 0.3 is 0 Å². The molecular formula is C24H27N3O5S. The van der Waals surface area contributed by atoms with E-state index in [2.05, 4.69) is 15.0 Å². The lowest BCUT2D eigenvalue weighted by Gasteiger charge is -2.14. The third-order valence-electron chi connectivity index (χ3n) is 5.24. The van der Waals surface area contributed by atoms with Crippen molar-refractivity contribution in [2.24, 2.45) is 0 Å². The predicted octanol–water partition coefficient (Wildman–Crippen LogP) is 3.40. The molecule has 0 aliphatic heterocycles. The molecule has 0 saturated heterocycles. The highest BCUT2D eigenvalue weighted by Crippen LogP contribution is 2.30. The maximum absolute atomic E-state index is 11.4. The van der Waals surface area contributed by atoms with Crippen LogP contribution in [-0.2, 0) is 10.0 Å². The van der Waals surface area contributed by atoms with Crippen molar-refractivity contribution in [1.82, 2.24) is 10.3 Å². The number of anilines is 1. The second-order valence-corrected chi connectivity index (χ2v) is 9.56. The smallest absolute Gasteiger partial charge is 0.229 e. The molecule has 0 unspecified atom stereocenters. The van der Waals surface area contributed by atoms with Crippen LogP contribution in [0.3, 0.4) is 0 Å². The summed E-state index contributed by atoms with van der Waals surface area (Å²) in [5, 5.41) is 15.8. The molecule has 0 radical (unpaired) electrons. The van der Waals surface area contributed by atoms with Crippen LogP contribution in [0, 0.1) is 0 Å². The molecule has 0 spiro atoms. The lowest BCUT2D eigenvalue weighted by molar-refractivity contribution is 0.172. The molecular weight excluding hydrogens is 442 g/mol. The first-order valence-corrected chi connectivity index (χ1v) is 12.4. The minimum absolute atomic E-state index is 0.314. The van der Waals surface area contributed by atoms with Crippen LogP contribution >= 0.6 is 0 Å². The van der Waals surface area contributed by atoms with Crippen LogP contribution in [0.2, 0.25) is 0 Å². The molecule has 174 valence electrons. The third kappa shape index (κ3) is 5.75. The highest BCUT2D eigenvalue weighted by molar-refractivity contribution is 7.92. The van der Waals surface area contributed by atoms with Crippen molar-refractivity contribution in [3.63, 3.8) is 0 Å². The highest BCUT2D eigenvalue weighted by atomic mass is 32.2. The van der Waals surface area contributed by atoms with Crippen molar-refractivity contribution >= 4 is 37.5 Å². The topological polar surface area (TPSA) is 113 Å². The number of rotatable bonds is 10. The van der Waals surface area contributed by atoms with Crippen LogP contribution in [0.4, 0.5) is 5.69 Å². The van der Waals surface area contributed by atoms with Crippen LogP contribution in [0.5, 0.6) is 11.5 Å². The Balaban J connectivity index is 1.29. The van der Waals surface area contributed by atoms with E-state index in [0.717, 1.165) is 39.6 Å². The van der Waals surface area contributed by atoms with Gasteiger partial charge in [0, 0.05) is 41.7 Å². The summed E-state index contributed by atoms with van der Waals surface area (Å²) >= 11 is 0. The molecule has 8 nitrogen and oxygen atoms in total. The van der Waals surface area contributed by atoms with Gasteiger partial charge in [0.25, 0.3) is 0 Å². The van der Waals surface area contributed by atoms with Crippen molar-refractivity contribution in [3.05, 3.63) is 66.2 Å². The molecule has 1 aromatic heterocycles. The van der Waals surface area contributed by atoms with Gasteiger partial charge in [-0.15, -0.1) is 0 Å². The zero-order valence-electron chi connectivity index (χ0n) is 18.5. The van der Waals surface area contributed by atoms with Crippen LogP contribution in [-0.4, -0.2) is 51.6 Å². The van der Waals surface area contributed by atoms with E-state index in [1.807, 2.05) is 36.4 Å². The Hall–Kier alpha value is -3.27. The number of fused-ring (bicyclic) bond motifs is 3. The van der Waals surface area contributed by atoms with E-state index in [0.29, 0.717) is 30.9 Å². The van der Waals surface area contributed by atoms with E-state index in [1.54, 1.807) is 31.4 Å². The van der Waals surface area contributed by atoms with Gasteiger partial charge in [-0.2, -0.15) is 0 Å². The van der Waals surface area contributed by atoms with Gasteiger partial charge in [-0.25, -0.2) is 8.42 Å². The van der Waals surface area contributed by atoms with Gasteiger partial charge in [-0.1, -0.05) is 12.1 Å². The lowest BCUT2D eigenvalue weighted by atomic mass is 10.1. The maximum atomic E-state index is 11.4. The monoisotopic (exact) mass is 469 g/mol. The summed E-state index contributed by atoms with van der Waals surface area (Å²) in [6.07, 6.45) is 0.316. The number of hydrogen-bond donors (Lipinski definition) is 4. The fraction of sp³-hybridized carbons (Fsp3) is 0.250. The molecule has 4 rings (SSSR count). The number of hydrogen-bond acceptors (Lipinski definition) is 6. The van der Waals surface area contributed by atoms with E-state index in [4.69, 9.17) is 9.47 Å². The zero-order valence-corrected chi connectivity index (χ0v) is 19.3. The predicted molar refractivity (Wildman–Crippen MR) is 131 cm³/mol. The molecule has 0 amide bonds. The molecule has 0 saturated carbocycles. The number of sulfonamides is 1. The summed E-state index contributed by atoms with van der Waals surface area (Å²) in [4.78, 5) is 3.39. The Morgan fingerprint density at radius 3 is 2.39 bits per heavy atom. The van der Waals surface area contributed by atoms with Crippen molar-refractivity contribution in [1.29, 1.82) is 0 Å². The van der Waals surface area contributed by atoms with Gasteiger partial charge in [-0.3, -0.25) is 4.72 Å². The first-order valence-electron chi connectivity index (χ1n) is 10.5. The van der Waals surface area contributed by atoms with Gasteiger partial charge in [0.1, 0.15) is 18.1 Å². The van der Waals surface area contributed by atoms with Gasteiger partial charge in [0.15, 0.2) is 0 Å². The summed E-state index contributed by atoms with van der Waals surface area (Å²) in [5.74, 6) is 1.56. The van der Waals surface area contributed by atoms with Crippen molar-refractivity contribution in [2.45, 2.75) is 6.10 Å². The normalized spacial score (nSPS) is 12.7. The number of aromatic amines is 1. The molecule has 33 heavy (non-hydrogen) atoms. The fourth-order valence-electron chi connectivity index (χ4n) is 3.71. The number of benzene rings is 3. The third-order valence-corrected chi connectivity index (χ3v) is 5.84. The number of aliphatic hydroxyl groups excluding tert-OH is 1. The van der Waals surface area contributed by atoms with E-state index in [1.165, 1.54) is 0 Å². The van der Waals surface area contributed by atoms with E-state index in [9.17, 15) is 13.5 Å². The number of ether oxygens (including phenoxy) is 2. The minimum atomic E-state index is -3.37. The molecule has 1 atom stereocenters. The maximum Gasteiger partial charge on any atom is 0.229 e. The summed E-state index contributed by atoms with van der Waals surface area (Å²) < 4.78 is 36.3. The summed E-state index contributed by atoms with van der Waals surface area (Å²) in [6.45, 7) is 1.29. The molecule has 3 aromatic carbocycles. The number of nitrogens with one attached hydrogen (secondary N) is 3. The summed E-state index contributed by atoms with van der Waals surface area (Å²) in [5.41, 5.74) is 3.04. The largest absolute Gasteiger partial charge is 0.497 e. The SMILES string of the molecule is COc1ccc2c(c1)[nH]c1cc(OCCNC[C@@H](O)c3cccc(NS(C)(=O)=O)c3)ccc12. The van der Waals surface area contributed by atoms with Crippen molar-refractivity contribution in [2.75, 3.05) is 37.8 Å². The molecule has 4 aromatic rings. The Morgan fingerprint density at radius 1 is 1.00 bits per heavy atom. The molecule has 0 bridgehead atoms. The highest BCUT2D eigenvalue weighted by Gasteiger charge is 2.10. The molecule has 0 fully saturated rings. The Kier molecular flexibility index (Phi) is 6.73. The zero-order chi connectivity index (χ0) is 23.4. The average Bonchev–Trinajstić information content (AvgIpc) is 3.14. The van der Waals surface area contributed by atoms with Gasteiger partial charge < -0.3 is 24.9 Å². The van der Waals surface area contributed by atoms with Crippen molar-refractivity contribution in [3.8, 4) is 11.5 Å². The van der Waals surface area contributed by atoms with Crippen LogP contribution in [0.15, 0.2) is 60.7 Å². The number of methoxy groups -OCH3 is 1. The van der Waals surface area contributed by atoms with E-state index in [-0.39, 0.29) is 0 Å². The Morgan fingerprint density at radius 2 is 1.70 bits per heavy atom. The second kappa shape index (κ2) is 9.70. The summed E-state index contributed by atoms with van der Waals surface area (Å²) in [6, 6.07) is 18.6. The van der Waals surface area contributed by atoms with Crippen LogP contribution in [0.1, 0.15) is 11.7 Å². The van der Waals surface area contributed by atoms with Gasteiger partial charge in [0.05, 0.1) is 30.5 Å². The quantitative estimate of drug-likeness (QED) is 0.265. The lowest BCUT2D eigenvalue weighted by Crippen LogP contribution is -2.26. The van der Waals surface area contributed by atoms with Crippen LogP contribution in [0.25, 0.3) is 21.8 Å². The second-order valence-electron chi connectivity index (χ2n) is 7.81. The summed E-state index contributed by atoms with van der Waals surface area (Å²) in [7, 11) is -1.72. The molecule has 9 heteroatoms. The van der Waals surface area contributed by atoms with E-state index < -0.39 is 16.1 Å². The average molecular weight is 470 g/mol.